The van der Waals surface area contributed by atoms with Crippen LogP contribution in [0, 0.1) is 0 Å². The quantitative estimate of drug-likeness (QED) is 0.884. The summed E-state index contributed by atoms with van der Waals surface area (Å²) in [5.74, 6) is -0.212. The van der Waals surface area contributed by atoms with Gasteiger partial charge in [-0.2, -0.15) is 0 Å². The number of furan rings is 1. The molecule has 2 aromatic rings. The van der Waals surface area contributed by atoms with Gasteiger partial charge in [-0.05, 0) is 19.9 Å². The maximum absolute atomic E-state index is 12.0. The molecule has 0 atom stereocenters. The van der Waals surface area contributed by atoms with Crippen molar-refractivity contribution in [3.8, 4) is 10.6 Å². The minimum absolute atomic E-state index is 0.212. The lowest BCUT2D eigenvalue weighted by Gasteiger charge is -2.23. The van der Waals surface area contributed by atoms with Gasteiger partial charge in [-0.1, -0.05) is 0 Å². The highest BCUT2D eigenvalue weighted by Crippen LogP contribution is 2.24. The van der Waals surface area contributed by atoms with Crippen LogP contribution in [0.4, 0.5) is 0 Å². The van der Waals surface area contributed by atoms with E-state index in [1.165, 1.54) is 11.3 Å². The van der Waals surface area contributed by atoms with Gasteiger partial charge in [0.05, 0.1) is 6.26 Å². The number of aromatic nitrogens is 1. The third-order valence-electron chi connectivity index (χ3n) is 2.47. The number of hydrogen-bond acceptors (Lipinski definition) is 5. The van der Waals surface area contributed by atoms with Crippen molar-refractivity contribution in [1.29, 1.82) is 0 Å². The first-order valence-corrected chi connectivity index (χ1v) is 6.40. The fourth-order valence-corrected chi connectivity index (χ4v) is 2.11. The van der Waals surface area contributed by atoms with E-state index in [1.807, 2.05) is 19.9 Å². The third-order valence-corrected chi connectivity index (χ3v) is 3.36. The van der Waals surface area contributed by atoms with E-state index in [0.29, 0.717) is 12.2 Å². The average Bonchev–Trinajstić information content (AvgIpc) is 2.99. The third kappa shape index (κ3) is 2.77. The lowest BCUT2D eigenvalue weighted by molar-refractivity contribution is 0.0911. The molecule has 0 bridgehead atoms. The molecule has 0 saturated heterocycles. The van der Waals surface area contributed by atoms with Crippen LogP contribution in [0.5, 0.6) is 0 Å². The van der Waals surface area contributed by atoms with Crippen molar-refractivity contribution in [2.24, 2.45) is 5.73 Å². The molecule has 6 heteroatoms. The minimum atomic E-state index is -0.434. The molecule has 0 fully saturated rings. The summed E-state index contributed by atoms with van der Waals surface area (Å²) in [4.78, 5) is 16.2. The molecule has 0 unspecified atom stereocenters. The Morgan fingerprint density at radius 2 is 2.39 bits per heavy atom. The smallest absolute Gasteiger partial charge is 0.271 e. The highest BCUT2D eigenvalue weighted by Gasteiger charge is 2.21. The van der Waals surface area contributed by atoms with Gasteiger partial charge in [-0.25, -0.2) is 4.98 Å². The summed E-state index contributed by atoms with van der Waals surface area (Å²) in [6.07, 6.45) is 3.18. The van der Waals surface area contributed by atoms with Gasteiger partial charge in [0, 0.05) is 23.0 Å². The number of nitrogens with two attached hydrogens (primary N) is 1. The number of carbonyl (C=O) groups excluding carboxylic acids is 1. The molecule has 96 valence electrons. The first-order valence-electron chi connectivity index (χ1n) is 5.52. The van der Waals surface area contributed by atoms with Gasteiger partial charge >= 0.3 is 0 Å². The molecular weight excluding hydrogens is 250 g/mol. The van der Waals surface area contributed by atoms with E-state index >= 15 is 0 Å². The lowest BCUT2D eigenvalue weighted by atomic mass is 10.1. The molecule has 0 saturated carbocycles. The van der Waals surface area contributed by atoms with E-state index in [4.69, 9.17) is 10.2 Å². The Morgan fingerprint density at radius 1 is 1.61 bits per heavy atom. The van der Waals surface area contributed by atoms with Gasteiger partial charge in [0.2, 0.25) is 0 Å². The number of nitrogens with zero attached hydrogens (tertiary/aromatic N) is 1. The van der Waals surface area contributed by atoms with Gasteiger partial charge in [0.1, 0.15) is 17.0 Å². The molecule has 0 radical (unpaired) electrons. The van der Waals surface area contributed by atoms with E-state index in [9.17, 15) is 4.79 Å². The molecule has 0 spiro atoms. The van der Waals surface area contributed by atoms with Crippen molar-refractivity contribution in [2.75, 3.05) is 6.54 Å². The zero-order valence-corrected chi connectivity index (χ0v) is 11.1. The summed E-state index contributed by atoms with van der Waals surface area (Å²) in [6, 6.07) is 1.81. The monoisotopic (exact) mass is 265 g/mol. The van der Waals surface area contributed by atoms with Crippen LogP contribution >= 0.6 is 11.3 Å². The molecule has 18 heavy (non-hydrogen) atoms. The molecule has 0 aromatic carbocycles. The van der Waals surface area contributed by atoms with Gasteiger partial charge in [0.25, 0.3) is 5.91 Å². The lowest BCUT2D eigenvalue weighted by Crippen LogP contribution is -2.48. The number of carbonyl (C=O) groups is 1. The first kappa shape index (κ1) is 12.8. The second kappa shape index (κ2) is 4.91. The molecule has 0 aliphatic heterocycles. The van der Waals surface area contributed by atoms with Crippen LogP contribution in [0.15, 0.2) is 28.4 Å². The SMILES string of the molecule is CC(C)(CN)NC(=O)c1csc(-c2ccoc2)n1. The van der Waals surface area contributed by atoms with Crippen LogP contribution in [0.3, 0.4) is 0 Å². The number of rotatable bonds is 4. The van der Waals surface area contributed by atoms with E-state index in [0.717, 1.165) is 10.6 Å². The standard InChI is InChI=1S/C12H15N3O2S/c1-12(2,7-13)15-10(16)9-6-18-11(14-9)8-3-4-17-5-8/h3-6H,7,13H2,1-2H3,(H,15,16). The Kier molecular flexibility index (Phi) is 3.49. The van der Waals surface area contributed by atoms with Crippen molar-refractivity contribution in [1.82, 2.24) is 10.3 Å². The van der Waals surface area contributed by atoms with E-state index in [1.54, 1.807) is 17.9 Å². The second-order valence-electron chi connectivity index (χ2n) is 4.59. The number of hydrogen-bond donors (Lipinski definition) is 2. The summed E-state index contributed by atoms with van der Waals surface area (Å²) in [7, 11) is 0. The molecule has 2 heterocycles. The molecule has 2 rings (SSSR count). The number of thiazole rings is 1. The Morgan fingerprint density at radius 3 is 3.00 bits per heavy atom. The van der Waals surface area contributed by atoms with Crippen LogP contribution in [0.1, 0.15) is 24.3 Å². The Balaban J connectivity index is 2.13. The zero-order valence-electron chi connectivity index (χ0n) is 10.3. The van der Waals surface area contributed by atoms with Crippen molar-refractivity contribution in [2.45, 2.75) is 19.4 Å². The van der Waals surface area contributed by atoms with E-state index in [2.05, 4.69) is 10.3 Å². The maximum atomic E-state index is 12.0. The summed E-state index contributed by atoms with van der Waals surface area (Å²) in [5, 5.41) is 5.33. The van der Waals surface area contributed by atoms with Crippen LogP contribution in [0.25, 0.3) is 10.6 Å². The Labute approximate surface area is 109 Å². The van der Waals surface area contributed by atoms with Crippen LogP contribution in [-0.2, 0) is 0 Å². The predicted octanol–water partition coefficient (Wildman–Crippen LogP) is 1.87. The average molecular weight is 265 g/mol. The number of nitrogens with one attached hydrogen (secondary N) is 1. The summed E-state index contributed by atoms with van der Waals surface area (Å²) in [6.45, 7) is 4.11. The highest BCUT2D eigenvalue weighted by molar-refractivity contribution is 7.13. The number of amides is 1. The van der Waals surface area contributed by atoms with Crippen LogP contribution in [-0.4, -0.2) is 23.0 Å². The maximum Gasteiger partial charge on any atom is 0.271 e. The van der Waals surface area contributed by atoms with Crippen molar-refractivity contribution < 1.29 is 9.21 Å². The topological polar surface area (TPSA) is 81.1 Å². The molecular formula is C12H15N3O2S. The molecule has 2 aromatic heterocycles. The first-order chi connectivity index (χ1) is 8.52. The van der Waals surface area contributed by atoms with Gasteiger partial charge in [-0.15, -0.1) is 11.3 Å². The Bertz CT molecular complexity index is 531. The fraction of sp³-hybridized carbons (Fsp3) is 0.333. The van der Waals surface area contributed by atoms with Gasteiger partial charge in [-0.3, -0.25) is 4.79 Å². The molecule has 5 nitrogen and oxygen atoms in total. The summed E-state index contributed by atoms with van der Waals surface area (Å²) in [5.41, 5.74) is 6.41. The second-order valence-corrected chi connectivity index (χ2v) is 5.45. The summed E-state index contributed by atoms with van der Waals surface area (Å²) >= 11 is 1.41. The van der Waals surface area contributed by atoms with Crippen LogP contribution in [0.2, 0.25) is 0 Å². The van der Waals surface area contributed by atoms with Gasteiger partial charge < -0.3 is 15.5 Å². The fourth-order valence-electron chi connectivity index (χ4n) is 1.32. The van der Waals surface area contributed by atoms with E-state index in [-0.39, 0.29) is 5.91 Å². The zero-order chi connectivity index (χ0) is 13.2. The molecule has 0 aliphatic carbocycles. The molecule has 0 aliphatic rings. The minimum Gasteiger partial charge on any atom is -0.472 e. The largest absolute Gasteiger partial charge is 0.472 e. The highest BCUT2D eigenvalue weighted by atomic mass is 32.1. The normalized spacial score (nSPS) is 11.5. The molecule has 1 amide bonds. The summed E-state index contributed by atoms with van der Waals surface area (Å²) < 4.78 is 4.99. The van der Waals surface area contributed by atoms with Crippen molar-refractivity contribution in [3.63, 3.8) is 0 Å². The Hall–Kier alpha value is -1.66. The van der Waals surface area contributed by atoms with Crippen LogP contribution < -0.4 is 11.1 Å². The van der Waals surface area contributed by atoms with Crippen molar-refractivity contribution >= 4 is 17.2 Å². The van der Waals surface area contributed by atoms with E-state index < -0.39 is 5.54 Å². The molecule has 3 N–H and O–H groups in total. The van der Waals surface area contributed by atoms with Crippen molar-refractivity contribution in [3.05, 3.63) is 29.7 Å². The predicted molar refractivity (Wildman–Crippen MR) is 70.4 cm³/mol. The van der Waals surface area contributed by atoms with Gasteiger partial charge in [0.15, 0.2) is 0 Å².